The van der Waals surface area contributed by atoms with Gasteiger partial charge in [-0.3, -0.25) is 4.79 Å². The Kier molecular flexibility index (Phi) is 5.86. The fourth-order valence-electron chi connectivity index (χ4n) is 1.82. The van der Waals surface area contributed by atoms with Crippen LogP contribution in [0.5, 0.6) is 0 Å². The van der Waals surface area contributed by atoms with Gasteiger partial charge in [-0.1, -0.05) is 23.9 Å². The molecule has 0 aliphatic rings. The second kappa shape index (κ2) is 7.87. The Morgan fingerprint density at radius 1 is 1.30 bits per heavy atom. The fraction of sp³-hybridized carbons (Fsp3) is 0.267. The van der Waals surface area contributed by atoms with Crippen LogP contribution in [0.4, 0.5) is 14.7 Å². The van der Waals surface area contributed by atoms with E-state index in [1.165, 1.54) is 12.1 Å². The van der Waals surface area contributed by atoms with Crippen LogP contribution in [0.25, 0.3) is 0 Å². The van der Waals surface area contributed by atoms with E-state index < -0.39 is 11.7 Å². The first-order valence-electron chi connectivity index (χ1n) is 6.78. The minimum absolute atomic E-state index is 0.190. The third-order valence-corrected chi connectivity index (χ3v) is 3.67. The molecule has 0 spiro atoms. The molecule has 1 aromatic carbocycles. The molecule has 0 atom stereocenters. The number of carbonyl (C=O) groups excluding carboxylic acids is 1. The van der Waals surface area contributed by atoms with Gasteiger partial charge in [-0.2, -0.15) is 8.78 Å². The molecule has 0 saturated heterocycles. The predicted molar refractivity (Wildman–Crippen MR) is 85.8 cm³/mol. The summed E-state index contributed by atoms with van der Waals surface area (Å²) in [5.74, 6) is -2.46. The number of carbonyl (C=O) groups is 1. The average Bonchev–Trinajstić information content (AvgIpc) is 2.53. The molecule has 5 nitrogen and oxygen atoms in total. The van der Waals surface area contributed by atoms with Crippen molar-refractivity contribution in [3.05, 3.63) is 47.8 Å². The number of benzene rings is 1. The number of halogens is 2. The van der Waals surface area contributed by atoms with E-state index in [9.17, 15) is 13.6 Å². The highest BCUT2D eigenvalue weighted by molar-refractivity contribution is 7.99. The van der Waals surface area contributed by atoms with Gasteiger partial charge >= 0.3 is 0 Å². The summed E-state index contributed by atoms with van der Waals surface area (Å²) < 4.78 is 25.1. The summed E-state index contributed by atoms with van der Waals surface area (Å²) >= 11 is 0.355. The number of anilines is 1. The zero-order chi connectivity index (χ0) is 16.8. The van der Waals surface area contributed by atoms with E-state index in [4.69, 9.17) is 0 Å². The molecular weight excluding hydrogens is 322 g/mol. The smallest absolute Gasteiger partial charge is 0.288 e. The van der Waals surface area contributed by atoms with E-state index in [-0.39, 0.29) is 17.0 Å². The maximum Gasteiger partial charge on any atom is 0.288 e. The van der Waals surface area contributed by atoms with E-state index in [2.05, 4.69) is 15.3 Å². The van der Waals surface area contributed by atoms with E-state index in [1.54, 1.807) is 29.3 Å². The van der Waals surface area contributed by atoms with Gasteiger partial charge in [0.1, 0.15) is 0 Å². The molecule has 0 radical (unpaired) electrons. The molecule has 23 heavy (non-hydrogen) atoms. The van der Waals surface area contributed by atoms with Crippen LogP contribution >= 0.6 is 11.8 Å². The molecular formula is C15H16F2N4OS. The van der Waals surface area contributed by atoms with Crippen LogP contribution in [0, 0.1) is 0 Å². The quantitative estimate of drug-likeness (QED) is 0.821. The summed E-state index contributed by atoms with van der Waals surface area (Å²) in [5.41, 5.74) is 0.857. The minimum atomic E-state index is -2.58. The molecule has 2 aromatic rings. The third-order valence-electron chi connectivity index (χ3n) is 2.88. The molecule has 1 amide bonds. The topological polar surface area (TPSA) is 58.1 Å². The summed E-state index contributed by atoms with van der Waals surface area (Å²) in [4.78, 5) is 22.6. The normalized spacial score (nSPS) is 10.7. The van der Waals surface area contributed by atoms with Crippen molar-refractivity contribution in [2.24, 2.45) is 0 Å². The molecule has 0 bridgehead atoms. The van der Waals surface area contributed by atoms with Crippen LogP contribution in [0.3, 0.4) is 0 Å². The van der Waals surface area contributed by atoms with Crippen molar-refractivity contribution in [1.82, 2.24) is 15.3 Å². The fourth-order valence-corrected chi connectivity index (χ4v) is 2.45. The van der Waals surface area contributed by atoms with Crippen LogP contribution in [-0.2, 0) is 6.54 Å². The summed E-state index contributed by atoms with van der Waals surface area (Å²) in [5, 5.41) is 2.69. The van der Waals surface area contributed by atoms with Crippen LogP contribution in [0.15, 0.2) is 41.4 Å². The van der Waals surface area contributed by atoms with Crippen molar-refractivity contribution in [3.8, 4) is 0 Å². The van der Waals surface area contributed by atoms with Gasteiger partial charge in [0.25, 0.3) is 11.7 Å². The summed E-state index contributed by atoms with van der Waals surface area (Å²) in [6, 6.07) is 7.97. The SMILES string of the molecule is CN(C)c1nccc(CNC(=O)c2ccccc2SC(F)F)n1. The van der Waals surface area contributed by atoms with Gasteiger partial charge < -0.3 is 10.2 Å². The van der Waals surface area contributed by atoms with Gasteiger partial charge in [-0.15, -0.1) is 0 Å². The molecule has 1 heterocycles. The number of nitrogens with zero attached hydrogens (tertiary/aromatic N) is 3. The van der Waals surface area contributed by atoms with Crippen molar-refractivity contribution in [3.63, 3.8) is 0 Å². The first-order chi connectivity index (χ1) is 11.0. The van der Waals surface area contributed by atoms with Crippen LogP contribution in [-0.4, -0.2) is 35.7 Å². The van der Waals surface area contributed by atoms with Crippen LogP contribution < -0.4 is 10.2 Å². The maximum absolute atomic E-state index is 12.5. The van der Waals surface area contributed by atoms with Crippen molar-refractivity contribution in [2.75, 3.05) is 19.0 Å². The van der Waals surface area contributed by atoms with Gasteiger partial charge in [0.2, 0.25) is 5.95 Å². The van der Waals surface area contributed by atoms with E-state index >= 15 is 0 Å². The number of alkyl halides is 2. The Labute approximate surface area is 137 Å². The van der Waals surface area contributed by atoms with Crippen molar-refractivity contribution >= 4 is 23.6 Å². The second-order valence-electron chi connectivity index (χ2n) is 4.80. The maximum atomic E-state index is 12.5. The third kappa shape index (κ3) is 4.88. The van der Waals surface area contributed by atoms with Crippen molar-refractivity contribution in [1.29, 1.82) is 0 Å². The molecule has 0 unspecified atom stereocenters. The molecule has 122 valence electrons. The van der Waals surface area contributed by atoms with Crippen LogP contribution in [0.2, 0.25) is 0 Å². The van der Waals surface area contributed by atoms with E-state index in [0.29, 0.717) is 23.4 Å². The molecule has 2 rings (SSSR count). The van der Waals surface area contributed by atoms with Gasteiger partial charge in [0, 0.05) is 25.2 Å². The van der Waals surface area contributed by atoms with Gasteiger partial charge in [-0.05, 0) is 18.2 Å². The molecule has 1 aromatic heterocycles. The molecule has 8 heteroatoms. The Balaban J connectivity index is 2.07. The lowest BCUT2D eigenvalue weighted by Gasteiger charge is -2.12. The highest BCUT2D eigenvalue weighted by Crippen LogP contribution is 2.28. The highest BCUT2D eigenvalue weighted by atomic mass is 32.2. The zero-order valence-corrected chi connectivity index (χ0v) is 13.5. The van der Waals surface area contributed by atoms with Gasteiger partial charge in [0.15, 0.2) is 0 Å². The monoisotopic (exact) mass is 338 g/mol. The Morgan fingerprint density at radius 2 is 2.04 bits per heavy atom. The number of rotatable bonds is 6. The number of amides is 1. The number of hydrogen-bond acceptors (Lipinski definition) is 5. The lowest BCUT2D eigenvalue weighted by molar-refractivity contribution is 0.0947. The molecule has 0 aliphatic carbocycles. The summed E-state index contributed by atoms with van der Waals surface area (Å²) in [7, 11) is 3.63. The highest BCUT2D eigenvalue weighted by Gasteiger charge is 2.15. The Bertz CT molecular complexity index is 682. The molecule has 1 N–H and O–H groups in total. The van der Waals surface area contributed by atoms with E-state index in [0.717, 1.165) is 0 Å². The Morgan fingerprint density at radius 3 is 2.74 bits per heavy atom. The summed E-state index contributed by atoms with van der Waals surface area (Å²) in [6.07, 6.45) is 1.60. The minimum Gasteiger partial charge on any atom is -0.347 e. The van der Waals surface area contributed by atoms with Crippen LogP contribution in [0.1, 0.15) is 16.1 Å². The van der Waals surface area contributed by atoms with Gasteiger partial charge in [-0.25, -0.2) is 9.97 Å². The van der Waals surface area contributed by atoms with Crippen molar-refractivity contribution in [2.45, 2.75) is 17.2 Å². The van der Waals surface area contributed by atoms with Crippen molar-refractivity contribution < 1.29 is 13.6 Å². The van der Waals surface area contributed by atoms with E-state index in [1.807, 2.05) is 14.1 Å². The number of thioether (sulfide) groups is 1. The number of aromatic nitrogens is 2. The molecule has 0 aliphatic heterocycles. The molecule has 0 fully saturated rings. The lowest BCUT2D eigenvalue weighted by Crippen LogP contribution is -2.24. The second-order valence-corrected chi connectivity index (χ2v) is 5.83. The number of nitrogens with one attached hydrogen (secondary N) is 1. The number of hydrogen-bond donors (Lipinski definition) is 1. The zero-order valence-electron chi connectivity index (χ0n) is 12.7. The Hall–Kier alpha value is -2.22. The largest absolute Gasteiger partial charge is 0.347 e. The lowest BCUT2D eigenvalue weighted by atomic mass is 10.2. The summed E-state index contributed by atoms with van der Waals surface area (Å²) in [6.45, 7) is 0.190. The van der Waals surface area contributed by atoms with Gasteiger partial charge in [0.05, 0.1) is 17.8 Å². The first kappa shape index (κ1) is 17.1. The standard InChI is InChI=1S/C15H16F2N4OS/c1-21(2)15-18-8-7-10(20-15)9-19-13(22)11-5-3-4-6-12(11)23-14(16)17/h3-8,14H,9H2,1-2H3,(H,19,22). The average molecular weight is 338 g/mol. The molecule has 0 saturated carbocycles. The predicted octanol–water partition coefficient (Wildman–Crippen LogP) is 2.79. The first-order valence-corrected chi connectivity index (χ1v) is 7.66.